The molecule has 0 spiro atoms. The fourth-order valence-electron chi connectivity index (χ4n) is 1.70. The first-order chi connectivity index (χ1) is 8.49. The normalized spacial score (nSPS) is 13.8. The maximum absolute atomic E-state index is 11.4. The van der Waals surface area contributed by atoms with Gasteiger partial charge < -0.3 is 11.1 Å². The molecule has 6 nitrogen and oxygen atoms in total. The van der Waals surface area contributed by atoms with Gasteiger partial charge in [-0.15, -0.1) is 0 Å². The van der Waals surface area contributed by atoms with E-state index in [0.717, 1.165) is 0 Å². The summed E-state index contributed by atoms with van der Waals surface area (Å²) in [7, 11) is 1.39. The zero-order valence-corrected chi connectivity index (χ0v) is 10.4. The van der Waals surface area contributed by atoms with E-state index in [4.69, 9.17) is 21.7 Å². The number of rotatable bonds is 1. The second-order valence-electron chi connectivity index (χ2n) is 3.42. The summed E-state index contributed by atoms with van der Waals surface area (Å²) in [4.78, 5) is 5.85. The van der Waals surface area contributed by atoms with Crippen LogP contribution in [-0.4, -0.2) is 29.4 Å². The lowest BCUT2D eigenvalue weighted by molar-refractivity contribution is -0.0222. The quantitative estimate of drug-likeness (QED) is 0.439. The second kappa shape index (κ2) is 4.33. The average Bonchev–Trinajstić information content (AvgIpc) is 2.35. The largest absolute Gasteiger partial charge is 0.410 e. The van der Waals surface area contributed by atoms with Gasteiger partial charge in [-0.2, -0.15) is 9.58 Å². The van der Waals surface area contributed by atoms with Gasteiger partial charge in [-0.05, 0) is 18.2 Å². The van der Waals surface area contributed by atoms with Gasteiger partial charge in [-0.1, -0.05) is 6.07 Å². The van der Waals surface area contributed by atoms with Crippen LogP contribution in [0.1, 0.15) is 11.1 Å². The molecule has 0 heterocycles. The molecule has 0 unspecified atom stereocenters. The van der Waals surface area contributed by atoms with Crippen LogP contribution in [0, 0.1) is 0 Å². The van der Waals surface area contributed by atoms with E-state index in [-0.39, 0.29) is 21.9 Å². The van der Waals surface area contributed by atoms with Crippen molar-refractivity contribution in [1.82, 2.24) is 0 Å². The highest BCUT2D eigenvalue weighted by atomic mass is 35.7. The predicted octanol–water partition coefficient (Wildman–Crippen LogP) is 1.33. The van der Waals surface area contributed by atoms with Crippen molar-refractivity contribution in [1.29, 1.82) is 0 Å². The first-order valence-corrected chi connectivity index (χ1v) is 7.00. The summed E-state index contributed by atoms with van der Waals surface area (Å²) in [5, 5.41) is 0. The van der Waals surface area contributed by atoms with E-state index < -0.39 is 9.05 Å². The van der Waals surface area contributed by atoms with Crippen LogP contribution in [0.4, 0.5) is 0 Å². The van der Waals surface area contributed by atoms with Crippen LogP contribution in [0.3, 0.4) is 0 Å². The number of fused-ring (bicyclic) bond motifs is 1. The van der Waals surface area contributed by atoms with Crippen molar-refractivity contribution in [3.8, 4) is 0 Å². The Labute approximate surface area is 107 Å². The molecule has 0 fully saturated rings. The fraction of sp³-hybridized carbons (Fsp3) is 0. The Morgan fingerprint density at radius 3 is 2.39 bits per heavy atom. The summed E-state index contributed by atoms with van der Waals surface area (Å²) >= 11 is 0. The van der Waals surface area contributed by atoms with E-state index in [1.54, 1.807) is 0 Å². The third kappa shape index (κ3) is 1.92. The van der Waals surface area contributed by atoms with E-state index >= 15 is 0 Å². The van der Waals surface area contributed by atoms with Crippen LogP contribution in [-0.2, 0) is 9.05 Å². The topological polar surface area (TPSA) is 107 Å². The van der Waals surface area contributed by atoms with Crippen LogP contribution >= 0.6 is 10.7 Å². The Morgan fingerprint density at radius 1 is 1.11 bits per heavy atom. The van der Waals surface area contributed by atoms with Gasteiger partial charge in [-0.25, -0.2) is 8.42 Å². The molecule has 0 aliphatic heterocycles. The van der Waals surface area contributed by atoms with Gasteiger partial charge in [0.2, 0.25) is 0 Å². The van der Waals surface area contributed by atoms with Gasteiger partial charge in [0.05, 0.1) is 10.5 Å². The standard InChI is InChI=1S/C10H5ClN4O2S/c11-18(16,17)9-3-1-2-7-6(9)4-5-8(14-12)10(7)15-13/h1-5H. The van der Waals surface area contributed by atoms with Gasteiger partial charge in [0, 0.05) is 22.3 Å². The van der Waals surface area contributed by atoms with Crippen molar-refractivity contribution in [3.05, 3.63) is 46.5 Å². The zero-order valence-electron chi connectivity index (χ0n) is 8.78. The maximum atomic E-state index is 11.4. The Bertz CT molecular complexity index is 769. The third-order valence-electron chi connectivity index (χ3n) is 2.44. The highest BCUT2D eigenvalue weighted by molar-refractivity contribution is 8.13. The van der Waals surface area contributed by atoms with Crippen LogP contribution in [0.25, 0.3) is 17.1 Å². The maximum Gasteiger partial charge on any atom is 0.410 e. The van der Waals surface area contributed by atoms with Gasteiger partial charge in [-0.3, -0.25) is 0 Å². The van der Waals surface area contributed by atoms with Crippen molar-refractivity contribution in [3.63, 3.8) is 0 Å². The smallest absolute Gasteiger partial charge is 0.360 e. The molecule has 0 atom stereocenters. The van der Waals surface area contributed by atoms with E-state index in [9.17, 15) is 8.42 Å². The van der Waals surface area contributed by atoms with Crippen molar-refractivity contribution >= 4 is 37.2 Å². The summed E-state index contributed by atoms with van der Waals surface area (Å²) in [6.45, 7) is 0. The van der Waals surface area contributed by atoms with Crippen molar-refractivity contribution in [2.75, 3.05) is 0 Å². The number of hydrogen-bond acceptors (Lipinski definition) is 2. The van der Waals surface area contributed by atoms with Crippen molar-refractivity contribution in [2.24, 2.45) is 0 Å². The number of halogens is 1. The number of hydrogen-bond donors (Lipinski definition) is 0. The molecule has 90 valence electrons. The minimum atomic E-state index is -3.92. The highest BCUT2D eigenvalue weighted by Gasteiger charge is 2.34. The molecular formula is C10H5ClN4O2S. The van der Waals surface area contributed by atoms with Crippen LogP contribution < -0.4 is 0 Å². The zero-order chi connectivity index (χ0) is 13.3. The van der Waals surface area contributed by atoms with Crippen LogP contribution in [0.5, 0.6) is 0 Å². The third-order valence-corrected chi connectivity index (χ3v) is 3.82. The minimum absolute atomic E-state index is 0.0223. The Morgan fingerprint density at radius 2 is 1.83 bits per heavy atom. The summed E-state index contributed by atoms with van der Waals surface area (Å²) < 4.78 is 22.8. The Kier molecular flexibility index (Phi) is 2.98. The molecule has 2 rings (SSSR count). The molecule has 8 heteroatoms. The molecule has 1 aliphatic rings. The monoisotopic (exact) mass is 280 g/mol. The van der Waals surface area contributed by atoms with Crippen LogP contribution in [0.2, 0.25) is 0 Å². The first kappa shape index (κ1) is 12.4. The SMILES string of the molecule is [N-]=[N+]=C1C=Cc2c(cccc2S(=O)(=O)Cl)C1=[N+]=[N-]. The molecule has 0 N–H and O–H groups in total. The molecule has 0 radical (unpaired) electrons. The second-order valence-corrected chi connectivity index (χ2v) is 5.96. The van der Waals surface area contributed by atoms with Crippen LogP contribution in [0.15, 0.2) is 29.2 Å². The highest BCUT2D eigenvalue weighted by Crippen LogP contribution is 2.27. The molecule has 0 aromatic heterocycles. The lowest BCUT2D eigenvalue weighted by Crippen LogP contribution is -2.21. The van der Waals surface area contributed by atoms with Gasteiger partial charge in [0.25, 0.3) is 9.05 Å². The Hall–Kier alpha value is -2.04. The number of allylic oxidation sites excluding steroid dienone is 1. The van der Waals surface area contributed by atoms with Gasteiger partial charge >= 0.3 is 11.4 Å². The summed E-state index contributed by atoms with van der Waals surface area (Å²) in [6, 6.07) is 4.32. The van der Waals surface area contributed by atoms with E-state index in [2.05, 4.69) is 9.58 Å². The van der Waals surface area contributed by atoms with E-state index in [1.165, 1.54) is 30.4 Å². The van der Waals surface area contributed by atoms with Crippen molar-refractivity contribution < 1.29 is 18.0 Å². The van der Waals surface area contributed by atoms with Gasteiger partial charge in [0.1, 0.15) is 0 Å². The molecule has 1 aromatic rings. The Balaban J connectivity index is 2.88. The average molecular weight is 281 g/mol. The van der Waals surface area contributed by atoms with E-state index in [0.29, 0.717) is 5.56 Å². The van der Waals surface area contributed by atoms with Crippen molar-refractivity contribution in [2.45, 2.75) is 4.90 Å². The molecule has 0 saturated heterocycles. The fourth-order valence-corrected chi connectivity index (χ4v) is 2.79. The molecule has 0 bridgehead atoms. The molecule has 1 aliphatic carbocycles. The minimum Gasteiger partial charge on any atom is -0.360 e. The molecule has 0 amide bonds. The molecule has 18 heavy (non-hydrogen) atoms. The lowest BCUT2D eigenvalue weighted by atomic mass is 9.94. The predicted molar refractivity (Wildman–Crippen MR) is 64.9 cm³/mol. The summed E-state index contributed by atoms with van der Waals surface area (Å²) in [5.41, 5.74) is 18.3. The molecular weight excluding hydrogens is 276 g/mol. The number of nitrogens with zero attached hydrogens (tertiary/aromatic N) is 4. The summed E-state index contributed by atoms with van der Waals surface area (Å²) in [6.07, 6.45) is 2.75. The lowest BCUT2D eigenvalue weighted by Gasteiger charge is -2.07. The molecule has 1 aromatic carbocycles. The first-order valence-electron chi connectivity index (χ1n) is 4.69. The molecule has 0 saturated carbocycles. The number of benzene rings is 1. The summed E-state index contributed by atoms with van der Waals surface area (Å²) in [5.74, 6) is 0. The van der Waals surface area contributed by atoms with E-state index in [1.807, 2.05) is 0 Å². The van der Waals surface area contributed by atoms with Gasteiger partial charge in [0.15, 0.2) is 0 Å².